The van der Waals surface area contributed by atoms with Crippen molar-refractivity contribution in [1.29, 1.82) is 0 Å². The van der Waals surface area contributed by atoms with E-state index in [9.17, 15) is 0 Å². The van der Waals surface area contributed by atoms with E-state index in [2.05, 4.69) is 41.5 Å². The molecule has 1 aliphatic rings. The average molecular weight is 221 g/mol. The largest absolute Gasteiger partial charge is 0.367 e. The van der Waals surface area contributed by atoms with Crippen LogP contribution in [0.4, 0.5) is 11.6 Å². The smallest absolute Gasteiger partial charge is 0.145 e. The van der Waals surface area contributed by atoms with Gasteiger partial charge in [0.15, 0.2) is 0 Å². The van der Waals surface area contributed by atoms with Gasteiger partial charge in [-0.05, 0) is 12.3 Å². The molecule has 5 heteroatoms. The second-order valence-electron chi connectivity index (χ2n) is 4.76. The van der Waals surface area contributed by atoms with E-state index in [4.69, 9.17) is 5.84 Å². The summed E-state index contributed by atoms with van der Waals surface area (Å²) in [6.45, 7) is 6.36. The maximum absolute atomic E-state index is 5.39. The second-order valence-corrected chi connectivity index (χ2v) is 4.76. The Morgan fingerprint density at radius 3 is 2.50 bits per heavy atom. The zero-order valence-corrected chi connectivity index (χ0v) is 9.99. The highest BCUT2D eigenvalue weighted by Gasteiger charge is 2.32. The molecule has 0 bridgehead atoms. The van der Waals surface area contributed by atoms with Crippen molar-refractivity contribution < 1.29 is 0 Å². The Bertz CT molecular complexity index is 377. The topological polar surface area (TPSA) is 75.9 Å². The van der Waals surface area contributed by atoms with Crippen LogP contribution in [0.1, 0.15) is 38.9 Å². The van der Waals surface area contributed by atoms with E-state index in [-0.39, 0.29) is 0 Å². The first-order valence-corrected chi connectivity index (χ1v) is 5.72. The van der Waals surface area contributed by atoms with Crippen LogP contribution in [0, 0.1) is 5.92 Å². The number of hydrogen-bond acceptors (Lipinski definition) is 5. The first-order valence-electron chi connectivity index (χ1n) is 5.72. The molecule has 4 N–H and O–H groups in total. The van der Waals surface area contributed by atoms with E-state index in [1.165, 1.54) is 6.42 Å². The summed E-state index contributed by atoms with van der Waals surface area (Å²) in [4.78, 5) is 8.79. The van der Waals surface area contributed by atoms with Crippen molar-refractivity contribution >= 4 is 11.6 Å². The molecule has 2 rings (SSSR count). The van der Waals surface area contributed by atoms with Crippen LogP contribution in [-0.4, -0.2) is 16.0 Å². The number of hydrazine groups is 1. The van der Waals surface area contributed by atoms with Crippen LogP contribution in [0.2, 0.25) is 0 Å². The summed E-state index contributed by atoms with van der Waals surface area (Å²) in [5.74, 6) is 8.77. The molecule has 1 aromatic heterocycles. The summed E-state index contributed by atoms with van der Waals surface area (Å²) >= 11 is 0. The lowest BCUT2D eigenvalue weighted by molar-refractivity contribution is 0.774. The lowest BCUT2D eigenvalue weighted by Crippen LogP contribution is -2.13. The van der Waals surface area contributed by atoms with E-state index in [1.54, 1.807) is 0 Å². The number of hydrogen-bond donors (Lipinski definition) is 3. The van der Waals surface area contributed by atoms with Gasteiger partial charge in [0.1, 0.15) is 17.5 Å². The Balaban J connectivity index is 2.19. The number of aromatic nitrogens is 2. The lowest BCUT2D eigenvalue weighted by atomic mass is 10.2. The normalized spacial score (nSPS) is 23.3. The fourth-order valence-corrected chi connectivity index (χ4v) is 1.59. The van der Waals surface area contributed by atoms with E-state index < -0.39 is 0 Å². The quantitative estimate of drug-likeness (QED) is 0.533. The molecule has 0 amide bonds. The third kappa shape index (κ3) is 2.41. The standard InChI is InChI=1S/C11H19N5/c1-6(2)11-14-9(5-10(15-11)16-12)13-8-4-7(8)3/h5-8H,4,12H2,1-3H3,(H2,13,14,15,16). The summed E-state index contributed by atoms with van der Waals surface area (Å²) in [6.07, 6.45) is 1.21. The summed E-state index contributed by atoms with van der Waals surface area (Å²) in [5.41, 5.74) is 2.58. The van der Waals surface area contributed by atoms with Gasteiger partial charge in [0.05, 0.1) is 0 Å². The van der Waals surface area contributed by atoms with Crippen LogP contribution in [0.15, 0.2) is 6.07 Å². The summed E-state index contributed by atoms with van der Waals surface area (Å²) in [7, 11) is 0. The minimum Gasteiger partial charge on any atom is -0.367 e. The molecule has 1 aliphatic carbocycles. The van der Waals surface area contributed by atoms with Gasteiger partial charge in [0.25, 0.3) is 0 Å². The van der Waals surface area contributed by atoms with Gasteiger partial charge in [0.2, 0.25) is 0 Å². The molecule has 2 unspecified atom stereocenters. The fraction of sp³-hybridized carbons (Fsp3) is 0.636. The SMILES string of the molecule is CC(C)c1nc(NN)cc(NC2CC2C)n1. The predicted molar refractivity (Wildman–Crippen MR) is 65.1 cm³/mol. The number of rotatable bonds is 4. The highest BCUT2D eigenvalue weighted by atomic mass is 15.3. The van der Waals surface area contributed by atoms with Crippen molar-refractivity contribution in [1.82, 2.24) is 9.97 Å². The minimum atomic E-state index is 0.297. The molecule has 2 atom stereocenters. The highest BCUT2D eigenvalue weighted by molar-refractivity contribution is 5.48. The number of nitrogens with two attached hydrogens (primary N) is 1. The predicted octanol–water partition coefficient (Wildman–Crippen LogP) is 1.71. The second kappa shape index (κ2) is 4.25. The monoisotopic (exact) mass is 221 g/mol. The molecule has 0 aromatic carbocycles. The molecule has 88 valence electrons. The van der Waals surface area contributed by atoms with E-state index in [0.29, 0.717) is 17.8 Å². The Morgan fingerprint density at radius 1 is 1.38 bits per heavy atom. The van der Waals surface area contributed by atoms with Gasteiger partial charge in [-0.1, -0.05) is 20.8 Å². The summed E-state index contributed by atoms with van der Waals surface area (Å²) in [5, 5.41) is 3.39. The van der Waals surface area contributed by atoms with Gasteiger partial charge in [-0.15, -0.1) is 0 Å². The van der Waals surface area contributed by atoms with Crippen LogP contribution in [0.3, 0.4) is 0 Å². The van der Waals surface area contributed by atoms with Crippen LogP contribution in [0.25, 0.3) is 0 Å². The fourth-order valence-electron chi connectivity index (χ4n) is 1.59. The van der Waals surface area contributed by atoms with Crippen molar-refractivity contribution in [3.05, 3.63) is 11.9 Å². The number of nitrogens with one attached hydrogen (secondary N) is 2. The van der Waals surface area contributed by atoms with Crippen LogP contribution < -0.4 is 16.6 Å². The summed E-state index contributed by atoms with van der Waals surface area (Å²) < 4.78 is 0. The first-order chi connectivity index (χ1) is 7.60. The molecule has 16 heavy (non-hydrogen) atoms. The van der Waals surface area contributed by atoms with E-state index >= 15 is 0 Å². The van der Waals surface area contributed by atoms with Crippen LogP contribution >= 0.6 is 0 Å². The molecule has 0 radical (unpaired) electrons. The Morgan fingerprint density at radius 2 is 2.00 bits per heavy atom. The maximum Gasteiger partial charge on any atom is 0.145 e. The number of nitrogens with zero attached hydrogens (tertiary/aromatic N) is 2. The van der Waals surface area contributed by atoms with Gasteiger partial charge in [0, 0.05) is 18.0 Å². The van der Waals surface area contributed by atoms with Gasteiger partial charge < -0.3 is 10.7 Å². The van der Waals surface area contributed by atoms with Crippen LogP contribution in [-0.2, 0) is 0 Å². The third-order valence-corrected chi connectivity index (χ3v) is 2.85. The van der Waals surface area contributed by atoms with Crippen molar-refractivity contribution in [3.63, 3.8) is 0 Å². The molecule has 5 nitrogen and oxygen atoms in total. The van der Waals surface area contributed by atoms with Gasteiger partial charge in [-0.3, -0.25) is 0 Å². The zero-order chi connectivity index (χ0) is 11.7. The van der Waals surface area contributed by atoms with Gasteiger partial charge in [-0.2, -0.15) is 0 Å². The molecule has 1 saturated carbocycles. The minimum absolute atomic E-state index is 0.297. The third-order valence-electron chi connectivity index (χ3n) is 2.85. The maximum atomic E-state index is 5.39. The van der Waals surface area contributed by atoms with Crippen molar-refractivity contribution in [3.8, 4) is 0 Å². The Kier molecular flexibility index (Phi) is 2.96. The van der Waals surface area contributed by atoms with Gasteiger partial charge >= 0.3 is 0 Å². The van der Waals surface area contributed by atoms with Crippen molar-refractivity contribution in [2.24, 2.45) is 11.8 Å². The molecule has 1 fully saturated rings. The molecular formula is C11H19N5. The average Bonchev–Trinajstić information content (AvgIpc) is 2.93. The Hall–Kier alpha value is -1.36. The highest BCUT2D eigenvalue weighted by Crippen LogP contribution is 2.32. The van der Waals surface area contributed by atoms with Crippen LogP contribution in [0.5, 0.6) is 0 Å². The molecule has 1 aromatic rings. The van der Waals surface area contributed by atoms with E-state index in [0.717, 1.165) is 17.6 Å². The molecule has 1 heterocycles. The molecule has 0 aliphatic heterocycles. The van der Waals surface area contributed by atoms with Gasteiger partial charge in [-0.25, -0.2) is 15.8 Å². The van der Waals surface area contributed by atoms with Crippen molar-refractivity contribution in [2.45, 2.75) is 39.2 Å². The zero-order valence-electron chi connectivity index (χ0n) is 9.99. The lowest BCUT2D eigenvalue weighted by Gasteiger charge is -2.10. The first kappa shape index (κ1) is 11.1. The van der Waals surface area contributed by atoms with E-state index in [1.807, 2.05) is 6.07 Å². The number of nitrogen functional groups attached to an aromatic ring is 1. The Labute approximate surface area is 95.8 Å². The molecule has 0 saturated heterocycles. The number of anilines is 2. The molecule has 0 spiro atoms. The van der Waals surface area contributed by atoms with Crippen molar-refractivity contribution in [2.75, 3.05) is 10.7 Å². The molecular weight excluding hydrogens is 202 g/mol. The summed E-state index contributed by atoms with van der Waals surface area (Å²) in [6, 6.07) is 2.40.